The molecular formula is C12H10F2N2O4. The van der Waals surface area contributed by atoms with Crippen molar-refractivity contribution in [1.29, 1.82) is 0 Å². The molecule has 1 aromatic rings. The fourth-order valence-corrected chi connectivity index (χ4v) is 1.82. The van der Waals surface area contributed by atoms with E-state index in [1.165, 1.54) is 0 Å². The number of halogens is 2. The van der Waals surface area contributed by atoms with Gasteiger partial charge >= 0.3 is 5.97 Å². The van der Waals surface area contributed by atoms with E-state index < -0.39 is 52.5 Å². The summed E-state index contributed by atoms with van der Waals surface area (Å²) in [6, 6.07) is 1.21. The number of amides is 2. The van der Waals surface area contributed by atoms with Crippen molar-refractivity contribution in [3.8, 4) is 0 Å². The molecule has 4 N–H and O–H groups in total. The summed E-state index contributed by atoms with van der Waals surface area (Å²) in [6.07, 6.45) is 0.159. The number of carbonyl (C=O) groups excluding carboxylic acids is 2. The van der Waals surface area contributed by atoms with Crippen LogP contribution in [0.1, 0.15) is 16.8 Å². The van der Waals surface area contributed by atoms with Crippen LogP contribution in [0, 0.1) is 23.5 Å². The van der Waals surface area contributed by atoms with E-state index in [1.54, 1.807) is 0 Å². The first kappa shape index (κ1) is 13.9. The Morgan fingerprint density at radius 3 is 2.35 bits per heavy atom. The molecule has 2 unspecified atom stereocenters. The molecule has 0 radical (unpaired) electrons. The van der Waals surface area contributed by atoms with Crippen LogP contribution in [0.2, 0.25) is 0 Å². The summed E-state index contributed by atoms with van der Waals surface area (Å²) in [5.41, 5.74) is 3.93. The minimum Gasteiger partial charge on any atom is -0.481 e. The predicted octanol–water partition coefficient (Wildman–Crippen LogP) is 0.723. The van der Waals surface area contributed by atoms with E-state index in [0.29, 0.717) is 6.07 Å². The van der Waals surface area contributed by atoms with Crippen LogP contribution in [0.5, 0.6) is 0 Å². The summed E-state index contributed by atoms with van der Waals surface area (Å²) in [7, 11) is 0. The lowest BCUT2D eigenvalue weighted by molar-refractivity contribution is -0.139. The molecule has 0 saturated heterocycles. The third-order valence-electron chi connectivity index (χ3n) is 3.02. The first-order valence-corrected chi connectivity index (χ1v) is 5.63. The summed E-state index contributed by atoms with van der Waals surface area (Å²) in [6.45, 7) is 0. The van der Waals surface area contributed by atoms with Gasteiger partial charge in [-0.25, -0.2) is 8.78 Å². The number of hydrogen-bond donors (Lipinski definition) is 3. The Morgan fingerprint density at radius 1 is 1.20 bits per heavy atom. The van der Waals surface area contributed by atoms with Crippen molar-refractivity contribution >= 4 is 23.5 Å². The van der Waals surface area contributed by atoms with Gasteiger partial charge in [0.2, 0.25) is 5.91 Å². The maximum atomic E-state index is 13.5. The quantitative estimate of drug-likeness (QED) is 0.756. The Balaban J connectivity index is 2.18. The number of rotatable bonds is 4. The highest BCUT2D eigenvalue weighted by Gasteiger charge is 2.48. The molecule has 1 aliphatic carbocycles. The molecule has 1 saturated carbocycles. The molecule has 2 amide bonds. The Hall–Kier alpha value is -2.51. The Morgan fingerprint density at radius 2 is 1.85 bits per heavy atom. The van der Waals surface area contributed by atoms with Crippen molar-refractivity contribution < 1.29 is 28.3 Å². The van der Waals surface area contributed by atoms with Crippen LogP contribution in [0.3, 0.4) is 0 Å². The topological polar surface area (TPSA) is 109 Å². The van der Waals surface area contributed by atoms with Crippen molar-refractivity contribution in [2.45, 2.75) is 6.42 Å². The van der Waals surface area contributed by atoms with Gasteiger partial charge in [-0.15, -0.1) is 0 Å². The molecule has 0 aliphatic heterocycles. The molecule has 0 spiro atoms. The molecule has 0 heterocycles. The number of anilines is 1. The lowest BCUT2D eigenvalue weighted by Crippen LogP contribution is -2.19. The number of aliphatic carboxylic acids is 1. The standard InChI is InChI=1S/C12H10F2N2O4/c13-7-3-8(14)9(2-6(7)10(15)17)16-11(18)4-1-5(4)12(19)20/h2-5H,1H2,(H2,15,17)(H,16,18)(H,19,20). The van der Waals surface area contributed by atoms with Crippen LogP contribution in [0.25, 0.3) is 0 Å². The van der Waals surface area contributed by atoms with Gasteiger partial charge in [0.1, 0.15) is 11.6 Å². The Labute approximate surface area is 111 Å². The highest BCUT2D eigenvalue weighted by molar-refractivity contribution is 6.00. The Kier molecular flexibility index (Phi) is 3.39. The van der Waals surface area contributed by atoms with Gasteiger partial charge < -0.3 is 16.2 Å². The predicted molar refractivity (Wildman–Crippen MR) is 62.7 cm³/mol. The first-order valence-electron chi connectivity index (χ1n) is 5.63. The van der Waals surface area contributed by atoms with Crippen molar-refractivity contribution in [1.82, 2.24) is 0 Å². The Bertz CT molecular complexity index is 618. The van der Waals surface area contributed by atoms with Crippen LogP contribution >= 0.6 is 0 Å². The van der Waals surface area contributed by atoms with E-state index in [4.69, 9.17) is 10.8 Å². The zero-order valence-corrected chi connectivity index (χ0v) is 10.0. The molecule has 1 aromatic carbocycles. The molecule has 1 aliphatic rings. The molecular weight excluding hydrogens is 274 g/mol. The van der Waals surface area contributed by atoms with Crippen LogP contribution < -0.4 is 11.1 Å². The molecule has 106 valence electrons. The zero-order valence-electron chi connectivity index (χ0n) is 10.0. The van der Waals surface area contributed by atoms with E-state index in [0.717, 1.165) is 6.07 Å². The lowest BCUT2D eigenvalue weighted by Gasteiger charge is -2.08. The van der Waals surface area contributed by atoms with E-state index in [9.17, 15) is 23.2 Å². The van der Waals surface area contributed by atoms with Gasteiger partial charge in [-0.05, 0) is 12.5 Å². The van der Waals surface area contributed by atoms with Crippen LogP contribution in [-0.4, -0.2) is 22.9 Å². The van der Waals surface area contributed by atoms with Crippen LogP contribution in [0.15, 0.2) is 12.1 Å². The SMILES string of the molecule is NC(=O)c1cc(NC(=O)C2CC2C(=O)O)c(F)cc1F. The molecule has 6 nitrogen and oxygen atoms in total. The minimum atomic E-state index is -1.14. The van der Waals surface area contributed by atoms with Gasteiger partial charge in [-0.3, -0.25) is 14.4 Å². The van der Waals surface area contributed by atoms with Gasteiger partial charge in [0.25, 0.3) is 5.91 Å². The van der Waals surface area contributed by atoms with E-state index in [2.05, 4.69) is 5.32 Å². The van der Waals surface area contributed by atoms with Crippen LogP contribution in [0.4, 0.5) is 14.5 Å². The number of hydrogen-bond acceptors (Lipinski definition) is 3. The normalized spacial score (nSPS) is 20.3. The molecule has 20 heavy (non-hydrogen) atoms. The first-order chi connectivity index (χ1) is 9.31. The zero-order chi connectivity index (χ0) is 15.0. The number of primary amides is 1. The van der Waals surface area contributed by atoms with Crippen molar-refractivity contribution in [3.05, 3.63) is 29.3 Å². The van der Waals surface area contributed by atoms with E-state index in [1.807, 2.05) is 0 Å². The molecule has 0 aromatic heterocycles. The maximum Gasteiger partial charge on any atom is 0.307 e. The second-order valence-corrected chi connectivity index (χ2v) is 4.45. The van der Waals surface area contributed by atoms with Gasteiger partial charge in [-0.1, -0.05) is 0 Å². The second-order valence-electron chi connectivity index (χ2n) is 4.45. The fourth-order valence-electron chi connectivity index (χ4n) is 1.82. The van der Waals surface area contributed by atoms with E-state index >= 15 is 0 Å². The lowest BCUT2D eigenvalue weighted by atomic mass is 10.1. The van der Waals surface area contributed by atoms with Crippen molar-refractivity contribution in [2.24, 2.45) is 17.6 Å². The number of carbonyl (C=O) groups is 3. The second kappa shape index (κ2) is 4.87. The largest absolute Gasteiger partial charge is 0.481 e. The third-order valence-corrected chi connectivity index (χ3v) is 3.02. The van der Waals surface area contributed by atoms with Gasteiger partial charge in [0.15, 0.2) is 0 Å². The third kappa shape index (κ3) is 2.58. The van der Waals surface area contributed by atoms with Gasteiger partial charge in [-0.2, -0.15) is 0 Å². The molecule has 2 rings (SSSR count). The number of nitrogens with two attached hydrogens (primary N) is 1. The summed E-state index contributed by atoms with van der Waals surface area (Å²) >= 11 is 0. The number of carboxylic acids is 1. The molecule has 1 fully saturated rings. The number of benzene rings is 1. The summed E-state index contributed by atoms with van der Waals surface area (Å²) in [5.74, 6) is -6.67. The van der Waals surface area contributed by atoms with Crippen LogP contribution in [-0.2, 0) is 9.59 Å². The fraction of sp³-hybridized carbons (Fsp3) is 0.250. The molecule has 0 bridgehead atoms. The van der Waals surface area contributed by atoms with Crippen molar-refractivity contribution in [2.75, 3.05) is 5.32 Å². The number of nitrogens with one attached hydrogen (secondary N) is 1. The highest BCUT2D eigenvalue weighted by Crippen LogP contribution is 2.39. The van der Waals surface area contributed by atoms with E-state index in [-0.39, 0.29) is 6.42 Å². The average Bonchev–Trinajstić information content (AvgIpc) is 3.12. The molecule has 8 heteroatoms. The smallest absolute Gasteiger partial charge is 0.307 e. The maximum absolute atomic E-state index is 13.5. The van der Waals surface area contributed by atoms with Gasteiger partial charge in [0.05, 0.1) is 23.1 Å². The number of carboxylic acid groups (broad SMARTS) is 1. The molecule has 2 atom stereocenters. The summed E-state index contributed by atoms with van der Waals surface area (Å²) in [4.78, 5) is 33.2. The van der Waals surface area contributed by atoms with Crippen molar-refractivity contribution in [3.63, 3.8) is 0 Å². The summed E-state index contributed by atoms with van der Waals surface area (Å²) < 4.78 is 26.7. The monoisotopic (exact) mass is 284 g/mol. The minimum absolute atomic E-state index is 0.159. The average molecular weight is 284 g/mol. The highest BCUT2D eigenvalue weighted by atomic mass is 19.1. The van der Waals surface area contributed by atoms with Gasteiger partial charge in [0, 0.05) is 6.07 Å². The summed E-state index contributed by atoms with van der Waals surface area (Å²) in [5, 5.41) is 10.8.